The normalized spacial score (nSPS) is 38.8. The van der Waals surface area contributed by atoms with Gasteiger partial charge in [0.05, 0.1) is 12.0 Å². The van der Waals surface area contributed by atoms with Crippen molar-refractivity contribution in [1.29, 1.82) is 0 Å². The number of carbonyl (C=O) groups excluding carboxylic acids is 2. The van der Waals surface area contributed by atoms with Crippen LogP contribution in [-0.4, -0.2) is 61.4 Å². The van der Waals surface area contributed by atoms with Crippen molar-refractivity contribution in [3.63, 3.8) is 0 Å². The molecular weight excluding hydrogens is 442 g/mol. The molecule has 4 saturated carbocycles. The van der Waals surface area contributed by atoms with E-state index < -0.39 is 38.6 Å². The molecule has 0 aromatic carbocycles. The van der Waals surface area contributed by atoms with Gasteiger partial charge in [0.15, 0.2) is 5.79 Å². The molecule has 0 spiro atoms. The molecule has 5 rings (SSSR count). The molecule has 4 bridgehead atoms. The number of hydrogen-bond donors (Lipinski definition) is 1. The van der Waals surface area contributed by atoms with E-state index in [1.807, 2.05) is 0 Å². The summed E-state index contributed by atoms with van der Waals surface area (Å²) >= 11 is 0. The third kappa shape index (κ3) is 4.07. The molecule has 3 atom stereocenters. The van der Waals surface area contributed by atoms with Crippen LogP contribution in [0.25, 0.3) is 0 Å². The first kappa shape index (κ1) is 22.8. The highest BCUT2D eigenvalue weighted by atomic mass is 32.2. The van der Waals surface area contributed by atoms with Crippen LogP contribution in [0.5, 0.6) is 0 Å². The van der Waals surface area contributed by atoms with Crippen LogP contribution in [0.15, 0.2) is 0 Å². The van der Waals surface area contributed by atoms with Crippen LogP contribution in [-0.2, 0) is 38.7 Å². The highest BCUT2D eigenvalue weighted by Crippen LogP contribution is 2.61. The molecule has 5 aliphatic rings. The summed E-state index contributed by atoms with van der Waals surface area (Å²) in [5.74, 6) is -3.95. The molecule has 0 aromatic heterocycles. The number of carbonyl (C=O) groups is 2. The van der Waals surface area contributed by atoms with Gasteiger partial charge in [-0.1, -0.05) is 0 Å². The van der Waals surface area contributed by atoms with Gasteiger partial charge in [0.1, 0.15) is 18.8 Å². The van der Waals surface area contributed by atoms with E-state index in [0.717, 1.165) is 0 Å². The molecule has 5 fully saturated rings. The van der Waals surface area contributed by atoms with Gasteiger partial charge in [0.25, 0.3) is 0 Å². The molecule has 9 nitrogen and oxygen atoms in total. The zero-order valence-electron chi connectivity index (χ0n) is 17.2. The Morgan fingerprint density at radius 3 is 2.29 bits per heavy atom. The van der Waals surface area contributed by atoms with Gasteiger partial charge in [-0.2, -0.15) is 17.2 Å². The predicted octanol–water partition coefficient (Wildman–Crippen LogP) is 1.90. The van der Waals surface area contributed by atoms with E-state index in [1.165, 1.54) is 0 Å². The van der Waals surface area contributed by atoms with Crippen molar-refractivity contribution in [3.05, 3.63) is 0 Å². The third-order valence-corrected chi connectivity index (χ3v) is 7.71. The number of alkyl halides is 2. The largest absolute Gasteiger partial charge is 0.465 e. The van der Waals surface area contributed by atoms with E-state index in [0.29, 0.717) is 38.7 Å². The minimum Gasteiger partial charge on any atom is -0.462 e. The summed E-state index contributed by atoms with van der Waals surface area (Å²) in [6, 6.07) is 0. The van der Waals surface area contributed by atoms with E-state index >= 15 is 0 Å². The lowest BCUT2D eigenvalue weighted by molar-refractivity contribution is -0.205. The lowest BCUT2D eigenvalue weighted by atomic mass is 9.48. The second kappa shape index (κ2) is 7.32. The standard InChI is InChI=1S/C19H26F2O9S/c1-17(2)28-9-13(30-17)8-27-15(22)18-5-10-3-11(6-18)14(12(4-10)7-18)29-16(23)19(20,21)31(24,25)26/h10-14H,3-9H2,1-2H3,(H,24,25,26). The maximum absolute atomic E-state index is 13.6. The van der Waals surface area contributed by atoms with Crippen molar-refractivity contribution in [2.45, 2.75) is 69.2 Å². The highest BCUT2D eigenvalue weighted by molar-refractivity contribution is 7.87. The Hall–Kier alpha value is -1.37. The van der Waals surface area contributed by atoms with Crippen molar-refractivity contribution in [2.75, 3.05) is 13.2 Å². The lowest BCUT2D eigenvalue weighted by Gasteiger charge is -2.57. The minimum atomic E-state index is -5.93. The summed E-state index contributed by atoms with van der Waals surface area (Å²) in [5.41, 5.74) is -0.778. The SMILES string of the molecule is CC1(C)OCC(COC(=O)C23CC4CC(C2)C(OC(=O)C(F)(F)S(=O)(=O)O)C(C4)C3)O1. The lowest BCUT2D eigenvalue weighted by Crippen LogP contribution is -2.58. The van der Waals surface area contributed by atoms with Crippen molar-refractivity contribution >= 4 is 22.1 Å². The van der Waals surface area contributed by atoms with E-state index in [-0.39, 0.29) is 36.4 Å². The van der Waals surface area contributed by atoms with Crippen molar-refractivity contribution in [3.8, 4) is 0 Å². The van der Waals surface area contributed by atoms with Crippen molar-refractivity contribution in [2.24, 2.45) is 23.2 Å². The van der Waals surface area contributed by atoms with E-state index in [2.05, 4.69) is 0 Å². The minimum absolute atomic E-state index is 0.0447. The second-order valence-electron chi connectivity index (χ2n) is 9.66. The van der Waals surface area contributed by atoms with Crippen LogP contribution in [0.2, 0.25) is 0 Å². The topological polar surface area (TPSA) is 125 Å². The summed E-state index contributed by atoms with van der Waals surface area (Å²) in [4.78, 5) is 24.8. The van der Waals surface area contributed by atoms with Crippen LogP contribution in [0.3, 0.4) is 0 Å². The fourth-order valence-corrected chi connectivity index (χ4v) is 6.14. The summed E-state index contributed by atoms with van der Waals surface area (Å²) in [6.07, 6.45) is 1.12. The fourth-order valence-electron chi connectivity index (χ4n) is 5.88. The van der Waals surface area contributed by atoms with Crippen LogP contribution >= 0.6 is 0 Å². The molecule has 0 amide bonds. The fraction of sp³-hybridized carbons (Fsp3) is 0.895. The Morgan fingerprint density at radius 1 is 1.16 bits per heavy atom. The maximum Gasteiger partial charge on any atom is 0.465 e. The van der Waals surface area contributed by atoms with Crippen molar-refractivity contribution in [1.82, 2.24) is 0 Å². The smallest absolute Gasteiger partial charge is 0.462 e. The van der Waals surface area contributed by atoms with E-state index in [4.69, 9.17) is 23.5 Å². The number of hydrogen-bond acceptors (Lipinski definition) is 8. The van der Waals surface area contributed by atoms with Gasteiger partial charge in [-0.25, -0.2) is 4.79 Å². The predicted molar refractivity (Wildman–Crippen MR) is 98.2 cm³/mol. The highest BCUT2D eigenvalue weighted by Gasteiger charge is 2.62. The molecule has 12 heteroatoms. The molecule has 1 N–H and O–H groups in total. The zero-order chi connectivity index (χ0) is 22.8. The summed E-state index contributed by atoms with van der Waals surface area (Å²) in [5, 5.41) is -5.03. The molecule has 1 saturated heterocycles. The Morgan fingerprint density at radius 2 is 1.77 bits per heavy atom. The first-order valence-corrected chi connectivity index (χ1v) is 11.7. The Labute approximate surface area is 178 Å². The van der Waals surface area contributed by atoms with Crippen molar-refractivity contribution < 1.29 is 50.3 Å². The monoisotopic (exact) mass is 468 g/mol. The molecule has 1 aliphatic heterocycles. The van der Waals surface area contributed by atoms with Crippen LogP contribution in [0.4, 0.5) is 8.78 Å². The summed E-state index contributed by atoms with van der Waals surface area (Å²) in [6.45, 7) is 3.88. The van der Waals surface area contributed by atoms with Gasteiger partial charge in [0, 0.05) is 0 Å². The van der Waals surface area contributed by atoms with Crippen LogP contribution < -0.4 is 0 Å². The molecule has 1 heterocycles. The van der Waals surface area contributed by atoms with Gasteiger partial charge in [0.2, 0.25) is 0 Å². The van der Waals surface area contributed by atoms with Gasteiger partial charge in [-0.3, -0.25) is 9.35 Å². The third-order valence-electron chi connectivity index (χ3n) is 6.89. The molecule has 0 aromatic rings. The number of halogens is 2. The van der Waals surface area contributed by atoms with E-state index in [1.54, 1.807) is 13.8 Å². The summed E-state index contributed by atoms with van der Waals surface area (Å²) in [7, 11) is -5.93. The summed E-state index contributed by atoms with van der Waals surface area (Å²) < 4.78 is 79.1. The van der Waals surface area contributed by atoms with Gasteiger partial charge in [-0.15, -0.1) is 0 Å². The van der Waals surface area contributed by atoms with Crippen LogP contribution in [0, 0.1) is 23.2 Å². The molecule has 4 aliphatic carbocycles. The average molecular weight is 468 g/mol. The maximum atomic E-state index is 13.6. The zero-order valence-corrected chi connectivity index (χ0v) is 18.0. The molecular formula is C19H26F2O9S. The number of ether oxygens (including phenoxy) is 4. The van der Waals surface area contributed by atoms with Gasteiger partial charge < -0.3 is 18.9 Å². The first-order valence-electron chi connectivity index (χ1n) is 10.3. The van der Waals surface area contributed by atoms with Gasteiger partial charge >= 0.3 is 27.3 Å². The first-order chi connectivity index (χ1) is 14.2. The molecule has 176 valence electrons. The molecule has 0 radical (unpaired) electrons. The molecule has 3 unspecified atom stereocenters. The second-order valence-corrected chi connectivity index (χ2v) is 11.1. The number of esters is 2. The Kier molecular flexibility index (Phi) is 5.39. The molecule has 31 heavy (non-hydrogen) atoms. The quantitative estimate of drug-likeness (QED) is 0.459. The van der Waals surface area contributed by atoms with E-state index in [9.17, 15) is 26.8 Å². The van der Waals surface area contributed by atoms with Gasteiger partial charge in [-0.05, 0) is 63.7 Å². The average Bonchev–Trinajstić information content (AvgIpc) is 2.99. The van der Waals surface area contributed by atoms with Crippen LogP contribution in [0.1, 0.15) is 46.0 Å². The Balaban J connectivity index is 1.41. The Bertz CT molecular complexity index is 856. The number of rotatable bonds is 6.